The first-order valence-electron chi connectivity index (χ1n) is 5.92. The summed E-state index contributed by atoms with van der Waals surface area (Å²) in [6.45, 7) is 0. The van der Waals surface area contributed by atoms with Crippen LogP contribution in [-0.4, -0.2) is 19.3 Å². The molecular formula is C15H14Cl2O3. The van der Waals surface area contributed by atoms with Crippen molar-refractivity contribution in [3.05, 3.63) is 57.6 Å². The molecule has 0 aromatic heterocycles. The van der Waals surface area contributed by atoms with Crippen molar-refractivity contribution in [2.75, 3.05) is 14.2 Å². The fourth-order valence-corrected chi connectivity index (χ4v) is 2.51. The molecule has 1 atom stereocenters. The standard InChI is InChI=1S/C15H14Cl2O3/c1-19-12-7-6-11(13(17)15(12)20-2)14(18)9-4-3-5-10(16)8-9/h3-8,14,18H,1-2H3. The molecule has 0 aliphatic rings. The Morgan fingerprint density at radius 2 is 1.80 bits per heavy atom. The van der Waals surface area contributed by atoms with Crippen molar-refractivity contribution in [1.82, 2.24) is 0 Å². The van der Waals surface area contributed by atoms with Crippen LogP contribution in [0, 0.1) is 0 Å². The fraction of sp³-hybridized carbons (Fsp3) is 0.200. The number of halogens is 2. The molecule has 1 N–H and O–H groups in total. The van der Waals surface area contributed by atoms with E-state index in [9.17, 15) is 5.11 Å². The van der Waals surface area contributed by atoms with Gasteiger partial charge in [-0.15, -0.1) is 0 Å². The predicted octanol–water partition coefficient (Wildman–Crippen LogP) is 4.09. The van der Waals surface area contributed by atoms with E-state index in [2.05, 4.69) is 0 Å². The molecule has 0 spiro atoms. The van der Waals surface area contributed by atoms with Gasteiger partial charge < -0.3 is 14.6 Å². The van der Waals surface area contributed by atoms with E-state index in [1.807, 2.05) is 0 Å². The molecule has 0 amide bonds. The third-order valence-corrected chi connectivity index (χ3v) is 3.60. The van der Waals surface area contributed by atoms with Gasteiger partial charge in [0.15, 0.2) is 11.5 Å². The van der Waals surface area contributed by atoms with Crippen LogP contribution < -0.4 is 9.47 Å². The van der Waals surface area contributed by atoms with Gasteiger partial charge in [-0.25, -0.2) is 0 Å². The molecule has 2 aromatic rings. The Hall–Kier alpha value is -1.42. The average Bonchev–Trinajstić information content (AvgIpc) is 2.46. The first kappa shape index (κ1) is 15.0. The molecule has 20 heavy (non-hydrogen) atoms. The number of hydrogen-bond acceptors (Lipinski definition) is 3. The first-order chi connectivity index (χ1) is 9.58. The van der Waals surface area contributed by atoms with Crippen LogP contribution in [0.1, 0.15) is 17.2 Å². The molecule has 1 unspecified atom stereocenters. The highest BCUT2D eigenvalue weighted by Gasteiger charge is 2.20. The van der Waals surface area contributed by atoms with E-state index in [-0.39, 0.29) is 0 Å². The molecule has 2 aromatic carbocycles. The van der Waals surface area contributed by atoms with E-state index in [1.54, 1.807) is 36.4 Å². The number of benzene rings is 2. The normalized spacial score (nSPS) is 12.1. The molecule has 0 heterocycles. The molecule has 0 aliphatic heterocycles. The predicted molar refractivity (Wildman–Crippen MR) is 80.1 cm³/mol. The van der Waals surface area contributed by atoms with E-state index < -0.39 is 6.10 Å². The molecule has 3 nitrogen and oxygen atoms in total. The van der Waals surface area contributed by atoms with Crippen LogP contribution in [0.4, 0.5) is 0 Å². The Balaban J connectivity index is 2.47. The van der Waals surface area contributed by atoms with Crippen LogP contribution in [0.25, 0.3) is 0 Å². The number of methoxy groups -OCH3 is 2. The summed E-state index contributed by atoms with van der Waals surface area (Å²) in [6.07, 6.45) is -0.888. The fourth-order valence-electron chi connectivity index (χ4n) is 1.97. The molecule has 0 radical (unpaired) electrons. The minimum Gasteiger partial charge on any atom is -0.493 e. The SMILES string of the molecule is COc1ccc(C(O)c2cccc(Cl)c2)c(Cl)c1OC. The summed E-state index contributed by atoms with van der Waals surface area (Å²) in [5.74, 6) is 0.910. The summed E-state index contributed by atoms with van der Waals surface area (Å²) in [5.41, 5.74) is 1.19. The van der Waals surface area contributed by atoms with Crippen molar-refractivity contribution < 1.29 is 14.6 Å². The van der Waals surface area contributed by atoms with Crippen LogP contribution in [0.3, 0.4) is 0 Å². The number of rotatable bonds is 4. The third kappa shape index (κ3) is 2.85. The van der Waals surface area contributed by atoms with Crippen molar-refractivity contribution in [2.24, 2.45) is 0 Å². The van der Waals surface area contributed by atoms with Crippen LogP contribution in [-0.2, 0) is 0 Å². The van der Waals surface area contributed by atoms with Crippen LogP contribution in [0.5, 0.6) is 11.5 Å². The van der Waals surface area contributed by atoms with Crippen molar-refractivity contribution in [3.8, 4) is 11.5 Å². The summed E-state index contributed by atoms with van der Waals surface area (Å²) in [7, 11) is 3.03. The van der Waals surface area contributed by atoms with Gasteiger partial charge in [0, 0.05) is 10.6 Å². The summed E-state index contributed by atoms with van der Waals surface area (Å²) < 4.78 is 10.4. The highest BCUT2D eigenvalue weighted by Crippen LogP contribution is 2.41. The smallest absolute Gasteiger partial charge is 0.179 e. The molecule has 0 fully saturated rings. The quantitative estimate of drug-likeness (QED) is 0.924. The number of aliphatic hydroxyl groups is 1. The maximum absolute atomic E-state index is 10.4. The minimum atomic E-state index is -0.888. The van der Waals surface area contributed by atoms with Gasteiger partial charge in [-0.1, -0.05) is 41.4 Å². The first-order valence-corrected chi connectivity index (χ1v) is 6.68. The Bertz CT molecular complexity index is 614. The van der Waals surface area contributed by atoms with Gasteiger partial charge in [0.1, 0.15) is 6.10 Å². The van der Waals surface area contributed by atoms with Gasteiger partial charge in [0.25, 0.3) is 0 Å². The molecule has 5 heteroatoms. The second-order valence-electron chi connectivity index (χ2n) is 4.16. The maximum Gasteiger partial charge on any atom is 0.179 e. The van der Waals surface area contributed by atoms with Crippen LogP contribution in [0.2, 0.25) is 10.0 Å². The van der Waals surface area contributed by atoms with Gasteiger partial charge in [0.05, 0.1) is 19.2 Å². The molecule has 2 rings (SSSR count). The monoisotopic (exact) mass is 312 g/mol. The van der Waals surface area contributed by atoms with Gasteiger partial charge in [-0.05, 0) is 23.8 Å². The van der Waals surface area contributed by atoms with Crippen molar-refractivity contribution >= 4 is 23.2 Å². The zero-order valence-electron chi connectivity index (χ0n) is 11.1. The Morgan fingerprint density at radius 1 is 1.05 bits per heavy atom. The lowest BCUT2D eigenvalue weighted by molar-refractivity contribution is 0.219. The molecule has 106 valence electrons. The average molecular weight is 313 g/mol. The Morgan fingerprint density at radius 3 is 2.40 bits per heavy atom. The van der Waals surface area contributed by atoms with E-state index in [0.29, 0.717) is 32.7 Å². The summed E-state index contributed by atoms with van der Waals surface area (Å²) >= 11 is 12.2. The summed E-state index contributed by atoms with van der Waals surface area (Å²) in [6, 6.07) is 10.4. The lowest BCUT2D eigenvalue weighted by Crippen LogP contribution is -2.02. The number of hydrogen-bond donors (Lipinski definition) is 1. The molecular weight excluding hydrogens is 299 g/mol. The van der Waals surface area contributed by atoms with Crippen molar-refractivity contribution in [2.45, 2.75) is 6.10 Å². The van der Waals surface area contributed by atoms with Crippen LogP contribution >= 0.6 is 23.2 Å². The van der Waals surface area contributed by atoms with E-state index in [0.717, 1.165) is 0 Å². The second kappa shape index (κ2) is 6.35. The van der Waals surface area contributed by atoms with Gasteiger partial charge in [-0.3, -0.25) is 0 Å². The lowest BCUT2D eigenvalue weighted by atomic mass is 10.0. The highest BCUT2D eigenvalue weighted by atomic mass is 35.5. The third-order valence-electron chi connectivity index (χ3n) is 2.97. The summed E-state index contributed by atoms with van der Waals surface area (Å²) in [4.78, 5) is 0. The van der Waals surface area contributed by atoms with E-state index >= 15 is 0 Å². The Labute approximate surface area is 127 Å². The molecule has 0 saturated carbocycles. The van der Waals surface area contributed by atoms with Crippen molar-refractivity contribution in [1.29, 1.82) is 0 Å². The van der Waals surface area contributed by atoms with Gasteiger partial charge in [0.2, 0.25) is 0 Å². The topological polar surface area (TPSA) is 38.7 Å². The number of ether oxygens (including phenoxy) is 2. The van der Waals surface area contributed by atoms with E-state index in [1.165, 1.54) is 14.2 Å². The molecule has 0 saturated heterocycles. The molecule has 0 aliphatic carbocycles. The minimum absolute atomic E-state index is 0.319. The maximum atomic E-state index is 10.4. The summed E-state index contributed by atoms with van der Waals surface area (Å²) in [5, 5.41) is 11.3. The van der Waals surface area contributed by atoms with Gasteiger partial charge in [-0.2, -0.15) is 0 Å². The largest absolute Gasteiger partial charge is 0.493 e. The Kier molecular flexibility index (Phi) is 4.76. The van der Waals surface area contributed by atoms with E-state index in [4.69, 9.17) is 32.7 Å². The zero-order valence-corrected chi connectivity index (χ0v) is 12.6. The second-order valence-corrected chi connectivity index (χ2v) is 4.98. The highest BCUT2D eigenvalue weighted by molar-refractivity contribution is 6.33. The zero-order chi connectivity index (χ0) is 14.7. The molecule has 0 bridgehead atoms. The van der Waals surface area contributed by atoms with Gasteiger partial charge >= 0.3 is 0 Å². The van der Waals surface area contributed by atoms with Crippen LogP contribution in [0.15, 0.2) is 36.4 Å². The number of aliphatic hydroxyl groups excluding tert-OH is 1. The lowest BCUT2D eigenvalue weighted by Gasteiger charge is -2.17. The van der Waals surface area contributed by atoms with Crippen molar-refractivity contribution in [3.63, 3.8) is 0 Å².